The minimum absolute atomic E-state index is 0.0408. The van der Waals surface area contributed by atoms with Crippen molar-refractivity contribution in [1.82, 2.24) is 10.2 Å². The van der Waals surface area contributed by atoms with Crippen LogP contribution < -0.4 is 5.32 Å². The molecule has 3 rings (SSSR count). The number of ether oxygens (including phenoxy) is 1. The Bertz CT molecular complexity index is 993. The number of carbonyl (C=O) groups is 3. The number of carboxylic acid groups (broad SMARTS) is 1. The zero-order valence-corrected chi connectivity index (χ0v) is 18.3. The molecule has 1 saturated heterocycles. The molecule has 12 heteroatoms. The van der Waals surface area contributed by atoms with Crippen LogP contribution in [0.15, 0.2) is 28.8 Å². The number of nitro benzene ring substituents is 1. The Balaban J connectivity index is 1.46. The lowest BCUT2D eigenvalue weighted by molar-refractivity contribution is -0.384. The Morgan fingerprint density at radius 2 is 2.16 bits per heavy atom. The number of hydrogen-bond donors (Lipinski definition) is 3. The van der Waals surface area contributed by atoms with Crippen molar-refractivity contribution in [3.8, 4) is 0 Å². The molecule has 2 aliphatic rings. The van der Waals surface area contributed by atoms with E-state index < -0.39 is 29.0 Å². The van der Waals surface area contributed by atoms with E-state index in [1.165, 1.54) is 41.8 Å². The van der Waals surface area contributed by atoms with Crippen molar-refractivity contribution in [3.05, 3.63) is 50.0 Å². The number of benzene rings is 1. The molecule has 0 spiro atoms. The van der Waals surface area contributed by atoms with Crippen molar-refractivity contribution < 1.29 is 34.3 Å². The first-order valence-electron chi connectivity index (χ1n) is 9.86. The highest BCUT2D eigenvalue weighted by Gasteiger charge is 2.56. The molecule has 1 fully saturated rings. The van der Waals surface area contributed by atoms with E-state index in [1.807, 2.05) is 0 Å². The molecule has 0 aromatic heterocycles. The maximum atomic E-state index is 12.2. The van der Waals surface area contributed by atoms with Crippen molar-refractivity contribution in [2.75, 3.05) is 12.3 Å². The fraction of sp³-hybridized carbons (Fsp3) is 0.450. The molecule has 3 N–H and O–H groups in total. The molecule has 0 bridgehead atoms. The topological polar surface area (TPSA) is 159 Å². The molecule has 11 nitrogen and oxygen atoms in total. The number of aryl methyl sites for hydroxylation is 1. The number of thioether (sulfide) groups is 1. The summed E-state index contributed by atoms with van der Waals surface area (Å²) in [5.74, 6) is -1.82. The predicted molar refractivity (Wildman–Crippen MR) is 114 cm³/mol. The molecule has 0 radical (unpaired) electrons. The molecule has 0 saturated carbocycles. The Labute approximate surface area is 187 Å². The molecular weight excluding hydrogens is 442 g/mol. The van der Waals surface area contributed by atoms with E-state index in [-0.39, 0.29) is 36.5 Å². The van der Waals surface area contributed by atoms with Gasteiger partial charge in [0.25, 0.3) is 5.69 Å². The average Bonchev–Trinajstić information content (AvgIpc) is 3.04. The van der Waals surface area contributed by atoms with Gasteiger partial charge in [0, 0.05) is 35.8 Å². The maximum Gasteiger partial charge on any atom is 0.407 e. The van der Waals surface area contributed by atoms with Crippen molar-refractivity contribution in [1.29, 1.82) is 0 Å². The molecule has 32 heavy (non-hydrogen) atoms. The summed E-state index contributed by atoms with van der Waals surface area (Å²) in [5, 5.41) is 32.6. The van der Waals surface area contributed by atoms with Gasteiger partial charge >= 0.3 is 12.1 Å². The largest absolute Gasteiger partial charge is 0.477 e. The van der Waals surface area contributed by atoms with Crippen LogP contribution in [0.1, 0.15) is 24.5 Å². The summed E-state index contributed by atoms with van der Waals surface area (Å²) < 4.78 is 5.12. The molecule has 0 unspecified atom stereocenters. The summed E-state index contributed by atoms with van der Waals surface area (Å²) in [7, 11) is 0. The monoisotopic (exact) mass is 465 g/mol. The lowest BCUT2D eigenvalue weighted by Gasteiger charge is -2.44. The SMILES string of the molecule is Cc1cc([N+](=O)[O-])ccc1COC(=O)NCCSC1=C(C(=O)O)N2C(=O)[C@H]([C@@H](C)O)[C@H]2C1. The van der Waals surface area contributed by atoms with Crippen LogP contribution in [-0.4, -0.2) is 62.4 Å². The van der Waals surface area contributed by atoms with E-state index in [0.717, 1.165) is 0 Å². The van der Waals surface area contributed by atoms with Crippen LogP contribution in [0, 0.1) is 23.0 Å². The van der Waals surface area contributed by atoms with Gasteiger partial charge in [-0.2, -0.15) is 0 Å². The normalized spacial score (nSPS) is 20.5. The number of aliphatic carboxylic acids is 1. The summed E-state index contributed by atoms with van der Waals surface area (Å²) in [6, 6.07) is 3.92. The van der Waals surface area contributed by atoms with Crippen molar-refractivity contribution in [3.63, 3.8) is 0 Å². The third-order valence-electron chi connectivity index (χ3n) is 5.43. The van der Waals surface area contributed by atoms with E-state index in [1.54, 1.807) is 6.92 Å². The number of carboxylic acids is 1. The number of fused-ring (bicyclic) bond motifs is 1. The summed E-state index contributed by atoms with van der Waals surface area (Å²) in [6.07, 6.45) is -1.16. The third kappa shape index (κ3) is 4.70. The van der Waals surface area contributed by atoms with Crippen molar-refractivity contribution in [2.24, 2.45) is 5.92 Å². The molecule has 2 heterocycles. The number of aliphatic hydroxyl groups excluding tert-OH is 1. The van der Waals surface area contributed by atoms with Gasteiger partial charge in [0.2, 0.25) is 5.91 Å². The number of non-ortho nitro benzene ring substituents is 1. The number of carbonyl (C=O) groups excluding carboxylic acids is 2. The lowest BCUT2D eigenvalue weighted by atomic mass is 9.83. The van der Waals surface area contributed by atoms with Gasteiger partial charge in [0.15, 0.2) is 0 Å². The minimum atomic E-state index is -1.20. The van der Waals surface area contributed by atoms with Gasteiger partial charge in [-0.3, -0.25) is 14.9 Å². The molecule has 172 valence electrons. The number of rotatable bonds is 9. The molecule has 1 aromatic carbocycles. The van der Waals surface area contributed by atoms with E-state index >= 15 is 0 Å². The van der Waals surface area contributed by atoms with Gasteiger partial charge in [-0.25, -0.2) is 9.59 Å². The molecule has 3 atom stereocenters. The van der Waals surface area contributed by atoms with Gasteiger partial charge in [0.1, 0.15) is 12.3 Å². The maximum absolute atomic E-state index is 12.2. The summed E-state index contributed by atoms with van der Waals surface area (Å²) in [5.41, 5.74) is 1.18. The van der Waals surface area contributed by atoms with Gasteiger partial charge in [-0.05, 0) is 31.0 Å². The Morgan fingerprint density at radius 3 is 2.75 bits per heavy atom. The van der Waals surface area contributed by atoms with Crippen LogP contribution in [0.3, 0.4) is 0 Å². The number of nitro groups is 1. The first-order chi connectivity index (χ1) is 15.1. The second-order valence-corrected chi connectivity index (χ2v) is 8.73. The first-order valence-corrected chi connectivity index (χ1v) is 10.8. The van der Waals surface area contributed by atoms with Gasteiger partial charge in [-0.15, -0.1) is 11.8 Å². The number of β-lactam (4-membered cyclic amide) rings is 1. The van der Waals surface area contributed by atoms with Crippen molar-refractivity contribution in [2.45, 2.75) is 39.0 Å². The third-order valence-corrected chi connectivity index (χ3v) is 6.55. The molecule has 2 aliphatic heterocycles. The number of nitrogens with zero attached hydrogens (tertiary/aromatic N) is 2. The van der Waals surface area contributed by atoms with Crippen molar-refractivity contribution >= 4 is 35.4 Å². The van der Waals surface area contributed by atoms with E-state index in [0.29, 0.717) is 28.2 Å². The molecule has 2 amide bonds. The lowest BCUT2D eigenvalue weighted by Crippen LogP contribution is -2.61. The summed E-state index contributed by atoms with van der Waals surface area (Å²) in [6.45, 7) is 3.36. The van der Waals surface area contributed by atoms with Crippen LogP contribution in [0.2, 0.25) is 0 Å². The number of amides is 2. The number of alkyl carbamates (subject to hydrolysis) is 1. The average molecular weight is 465 g/mol. The summed E-state index contributed by atoms with van der Waals surface area (Å²) >= 11 is 1.24. The van der Waals surface area contributed by atoms with E-state index in [4.69, 9.17) is 4.74 Å². The van der Waals surface area contributed by atoms with Gasteiger partial charge in [0.05, 0.1) is 23.0 Å². The number of nitrogens with one attached hydrogen (secondary N) is 1. The summed E-state index contributed by atoms with van der Waals surface area (Å²) in [4.78, 5) is 47.8. The molecule has 0 aliphatic carbocycles. The predicted octanol–water partition coefficient (Wildman–Crippen LogP) is 1.77. The van der Waals surface area contributed by atoms with E-state index in [2.05, 4.69) is 5.32 Å². The second kappa shape index (κ2) is 9.57. The van der Waals surface area contributed by atoms with Gasteiger partial charge in [-0.1, -0.05) is 0 Å². The first kappa shape index (κ1) is 23.5. The highest BCUT2D eigenvalue weighted by Crippen LogP contribution is 2.46. The molecular formula is C20H23N3O8S. The van der Waals surface area contributed by atoms with Crippen LogP contribution in [0.25, 0.3) is 0 Å². The van der Waals surface area contributed by atoms with Crippen LogP contribution in [0.4, 0.5) is 10.5 Å². The Hall–Kier alpha value is -3.12. The number of aliphatic hydroxyl groups is 1. The Kier molecular flexibility index (Phi) is 7.04. The Morgan fingerprint density at radius 1 is 1.44 bits per heavy atom. The smallest absolute Gasteiger partial charge is 0.407 e. The van der Waals surface area contributed by atoms with Crippen LogP contribution in [0.5, 0.6) is 0 Å². The molecule has 1 aromatic rings. The quantitative estimate of drug-likeness (QED) is 0.214. The zero-order valence-electron chi connectivity index (χ0n) is 17.4. The van der Waals surface area contributed by atoms with Gasteiger partial charge < -0.3 is 25.2 Å². The van der Waals surface area contributed by atoms with Crippen LogP contribution >= 0.6 is 11.8 Å². The second-order valence-electron chi connectivity index (χ2n) is 7.54. The number of hydrogen-bond acceptors (Lipinski definition) is 8. The van der Waals surface area contributed by atoms with E-state index in [9.17, 15) is 34.7 Å². The van der Waals surface area contributed by atoms with Crippen LogP contribution in [-0.2, 0) is 20.9 Å². The minimum Gasteiger partial charge on any atom is -0.477 e. The fourth-order valence-corrected chi connectivity index (χ4v) is 4.90. The fourth-order valence-electron chi connectivity index (χ4n) is 3.84. The highest BCUT2D eigenvalue weighted by molar-refractivity contribution is 8.03. The highest BCUT2D eigenvalue weighted by atomic mass is 32.2. The standard InChI is InChI=1S/C20H23N3O8S/c1-10-7-13(23(29)30)4-3-12(10)9-31-20(28)21-5-6-32-15-8-14-16(11(2)24)18(25)22(14)17(15)19(26)27/h3-4,7,11,14,16,24H,5-6,8-9H2,1-2H3,(H,21,28)(H,26,27)/t11-,14-,16-/m1/s1. The zero-order chi connectivity index (χ0) is 23.6.